The highest BCUT2D eigenvalue weighted by Gasteiger charge is 2.48. The fourth-order valence-corrected chi connectivity index (χ4v) is 4.28. The Hall–Kier alpha value is -2.95. The first kappa shape index (κ1) is 20.9. The van der Waals surface area contributed by atoms with E-state index in [1.54, 1.807) is 18.2 Å². The molecule has 10 heteroatoms. The first-order valence-electron chi connectivity index (χ1n) is 10.8. The molecule has 4 heterocycles. The van der Waals surface area contributed by atoms with Crippen molar-refractivity contribution in [1.29, 1.82) is 0 Å². The molecule has 3 aliphatic heterocycles. The van der Waals surface area contributed by atoms with Gasteiger partial charge in [-0.25, -0.2) is 14.8 Å². The molecule has 1 aromatic carbocycles. The Morgan fingerprint density at radius 1 is 1.06 bits per heavy atom. The smallest absolute Gasteiger partial charge is 0.317 e. The minimum Gasteiger partial charge on any atom is -0.497 e. The van der Waals surface area contributed by atoms with E-state index >= 15 is 0 Å². The molecule has 0 saturated carbocycles. The molecular formula is C22H27N5O5. The van der Waals surface area contributed by atoms with Crippen molar-refractivity contribution in [3.63, 3.8) is 0 Å². The summed E-state index contributed by atoms with van der Waals surface area (Å²) in [5.74, 6) is 1.31. The molecule has 4 unspecified atom stereocenters. The second-order valence-corrected chi connectivity index (χ2v) is 8.00. The molecule has 0 radical (unpaired) electrons. The van der Waals surface area contributed by atoms with E-state index in [4.69, 9.17) is 18.9 Å². The van der Waals surface area contributed by atoms with Crippen LogP contribution in [0.5, 0.6) is 5.75 Å². The van der Waals surface area contributed by atoms with Crippen LogP contribution in [0.15, 0.2) is 36.5 Å². The quantitative estimate of drug-likeness (QED) is 0.712. The summed E-state index contributed by atoms with van der Waals surface area (Å²) in [5, 5.41) is 6.40. The summed E-state index contributed by atoms with van der Waals surface area (Å²) in [6, 6.07) is 9.20. The van der Waals surface area contributed by atoms with Crippen LogP contribution in [-0.2, 0) is 14.2 Å². The van der Waals surface area contributed by atoms with E-state index in [0.717, 1.165) is 17.0 Å². The molecular weight excluding hydrogens is 414 g/mol. The molecule has 2 N–H and O–H groups in total. The number of nitrogens with zero attached hydrogens (tertiary/aromatic N) is 3. The first-order valence-corrected chi connectivity index (χ1v) is 10.8. The van der Waals surface area contributed by atoms with Crippen LogP contribution >= 0.6 is 0 Å². The Morgan fingerprint density at radius 2 is 1.78 bits per heavy atom. The van der Waals surface area contributed by atoms with Gasteiger partial charge in [-0.15, -0.1) is 0 Å². The summed E-state index contributed by atoms with van der Waals surface area (Å²) < 4.78 is 22.5. The molecule has 0 bridgehead atoms. The van der Waals surface area contributed by atoms with E-state index in [0.29, 0.717) is 45.5 Å². The van der Waals surface area contributed by atoms with Gasteiger partial charge in [0.2, 0.25) is 5.95 Å². The van der Waals surface area contributed by atoms with E-state index in [2.05, 4.69) is 20.6 Å². The van der Waals surface area contributed by atoms with E-state index in [1.807, 2.05) is 30.3 Å². The Bertz CT molecular complexity index is 937. The number of anilines is 1. The lowest BCUT2D eigenvalue weighted by molar-refractivity contribution is 0.0485. The number of aromatic nitrogens is 2. The molecule has 3 fully saturated rings. The molecule has 3 aliphatic rings. The number of nitrogens with one attached hydrogen (secondary N) is 2. The van der Waals surface area contributed by atoms with Gasteiger partial charge in [-0.3, -0.25) is 0 Å². The summed E-state index contributed by atoms with van der Waals surface area (Å²) in [4.78, 5) is 23.3. The molecule has 3 saturated heterocycles. The highest BCUT2D eigenvalue weighted by Crippen LogP contribution is 2.29. The van der Waals surface area contributed by atoms with Crippen molar-refractivity contribution in [3.05, 3.63) is 36.5 Å². The van der Waals surface area contributed by atoms with Gasteiger partial charge in [-0.2, -0.15) is 0 Å². The molecule has 4 atom stereocenters. The highest BCUT2D eigenvalue weighted by molar-refractivity contribution is 5.74. The average molecular weight is 441 g/mol. The third-order valence-corrected chi connectivity index (χ3v) is 6.02. The minimum absolute atomic E-state index is 0.0990. The lowest BCUT2D eigenvalue weighted by Crippen LogP contribution is -2.52. The first-order chi connectivity index (χ1) is 15.7. The zero-order chi connectivity index (χ0) is 21.9. The topological polar surface area (TPSA) is 107 Å². The Morgan fingerprint density at radius 3 is 2.53 bits per heavy atom. The number of fused-ring (bicyclic) bond motifs is 1. The number of rotatable bonds is 5. The van der Waals surface area contributed by atoms with Gasteiger partial charge >= 0.3 is 6.03 Å². The Kier molecular flexibility index (Phi) is 6.06. The largest absolute Gasteiger partial charge is 0.497 e. The van der Waals surface area contributed by atoms with E-state index in [-0.39, 0.29) is 30.3 Å². The molecule has 32 heavy (non-hydrogen) atoms. The fraction of sp³-hybridized carbons (Fsp3) is 0.500. The van der Waals surface area contributed by atoms with Crippen LogP contribution in [0.1, 0.15) is 0 Å². The maximum atomic E-state index is 12.5. The van der Waals surface area contributed by atoms with Crippen LogP contribution in [-0.4, -0.2) is 91.8 Å². The van der Waals surface area contributed by atoms with Crippen LogP contribution in [0.25, 0.3) is 11.3 Å². The van der Waals surface area contributed by atoms with Crippen molar-refractivity contribution in [3.8, 4) is 17.0 Å². The number of urea groups is 1. The van der Waals surface area contributed by atoms with Crippen molar-refractivity contribution < 1.29 is 23.7 Å². The standard InChI is InChI=1S/C22H27N5O5/c1-29-15-4-2-14(3-5-15)16-6-7-23-21(24-16)25-17-12-31-20-18(13-32-19(17)20)26-22(28)27-8-10-30-11-9-27/h2-7,17-20H,8-13H2,1H3,(H,26,28)(H,23,24,25). The van der Waals surface area contributed by atoms with Crippen LogP contribution in [0.3, 0.4) is 0 Å². The van der Waals surface area contributed by atoms with Gasteiger partial charge in [0.05, 0.1) is 51.3 Å². The SMILES string of the molecule is COc1ccc(-c2ccnc(NC3COC4C(NC(=O)N5CCOCC5)COC34)n2)cc1. The lowest BCUT2D eigenvalue weighted by atomic mass is 10.1. The van der Waals surface area contributed by atoms with Crippen molar-refractivity contribution in [1.82, 2.24) is 20.2 Å². The van der Waals surface area contributed by atoms with Crippen molar-refractivity contribution in [2.45, 2.75) is 24.3 Å². The lowest BCUT2D eigenvalue weighted by Gasteiger charge is -2.29. The maximum Gasteiger partial charge on any atom is 0.317 e. The van der Waals surface area contributed by atoms with Gasteiger partial charge < -0.3 is 34.5 Å². The highest BCUT2D eigenvalue weighted by atomic mass is 16.6. The number of hydrogen-bond acceptors (Lipinski definition) is 8. The predicted molar refractivity (Wildman–Crippen MR) is 116 cm³/mol. The molecule has 2 aromatic rings. The molecule has 5 rings (SSSR count). The molecule has 0 aliphatic carbocycles. The molecule has 2 amide bonds. The number of carbonyl (C=O) groups excluding carboxylic acids is 1. The van der Waals surface area contributed by atoms with Crippen LogP contribution in [0.2, 0.25) is 0 Å². The van der Waals surface area contributed by atoms with Crippen LogP contribution in [0.4, 0.5) is 10.7 Å². The van der Waals surface area contributed by atoms with Crippen LogP contribution < -0.4 is 15.4 Å². The monoisotopic (exact) mass is 441 g/mol. The van der Waals surface area contributed by atoms with Gasteiger partial charge in [0.25, 0.3) is 0 Å². The van der Waals surface area contributed by atoms with Crippen molar-refractivity contribution >= 4 is 12.0 Å². The normalized spacial score (nSPS) is 27.1. The fourth-order valence-electron chi connectivity index (χ4n) is 4.28. The summed E-state index contributed by atoms with van der Waals surface area (Å²) in [5.41, 5.74) is 1.78. The summed E-state index contributed by atoms with van der Waals surface area (Å²) in [6.07, 6.45) is 1.34. The van der Waals surface area contributed by atoms with Gasteiger partial charge in [-0.05, 0) is 30.3 Å². The number of ether oxygens (including phenoxy) is 4. The molecule has 1 aromatic heterocycles. The van der Waals surface area contributed by atoms with Crippen molar-refractivity contribution in [2.75, 3.05) is 51.9 Å². The Balaban J connectivity index is 1.20. The number of carbonyl (C=O) groups is 1. The van der Waals surface area contributed by atoms with Crippen LogP contribution in [0, 0.1) is 0 Å². The molecule has 170 valence electrons. The summed E-state index contributed by atoms with van der Waals surface area (Å²) >= 11 is 0. The predicted octanol–water partition coefficient (Wildman–Crippen LogP) is 1.14. The van der Waals surface area contributed by atoms with E-state index in [1.165, 1.54) is 0 Å². The minimum atomic E-state index is -0.206. The second kappa shape index (κ2) is 9.27. The third kappa shape index (κ3) is 4.34. The van der Waals surface area contributed by atoms with Gasteiger partial charge in [0.15, 0.2) is 0 Å². The summed E-state index contributed by atoms with van der Waals surface area (Å²) in [6.45, 7) is 3.20. The zero-order valence-electron chi connectivity index (χ0n) is 17.9. The number of benzene rings is 1. The van der Waals surface area contributed by atoms with Gasteiger partial charge in [-0.1, -0.05) is 0 Å². The van der Waals surface area contributed by atoms with E-state index in [9.17, 15) is 4.79 Å². The zero-order valence-corrected chi connectivity index (χ0v) is 17.9. The molecule has 10 nitrogen and oxygen atoms in total. The number of amides is 2. The number of hydrogen-bond donors (Lipinski definition) is 2. The third-order valence-electron chi connectivity index (χ3n) is 6.02. The summed E-state index contributed by atoms with van der Waals surface area (Å²) in [7, 11) is 1.64. The van der Waals surface area contributed by atoms with Gasteiger partial charge in [0, 0.05) is 24.8 Å². The van der Waals surface area contributed by atoms with Gasteiger partial charge in [0.1, 0.15) is 18.0 Å². The second-order valence-electron chi connectivity index (χ2n) is 8.00. The molecule has 0 spiro atoms. The van der Waals surface area contributed by atoms with E-state index < -0.39 is 0 Å². The maximum absolute atomic E-state index is 12.5. The van der Waals surface area contributed by atoms with Crippen molar-refractivity contribution in [2.24, 2.45) is 0 Å². The Labute approximate surface area is 186 Å². The number of methoxy groups -OCH3 is 1. The number of morpholine rings is 1. The average Bonchev–Trinajstić information content (AvgIpc) is 3.43.